The molecule has 0 aromatic heterocycles. The lowest BCUT2D eigenvalue weighted by Gasteiger charge is -2.14. The Morgan fingerprint density at radius 3 is 2.09 bits per heavy atom. The number of rotatable bonds is 4. The average Bonchev–Trinajstić information content (AvgIpc) is 1.98. The summed E-state index contributed by atoms with van der Waals surface area (Å²) in [4.78, 5) is 4.13. The third-order valence-corrected chi connectivity index (χ3v) is 1.92. The van der Waals surface area contributed by atoms with E-state index in [4.69, 9.17) is 0 Å². The third kappa shape index (κ3) is 3.17. The highest BCUT2D eigenvalue weighted by molar-refractivity contribution is 5.96. The topological polar surface area (TPSA) is 12.4 Å². The highest BCUT2D eigenvalue weighted by Gasteiger charge is 2.10. The summed E-state index contributed by atoms with van der Waals surface area (Å²) in [5.74, 6) is 1.07. The first-order valence-corrected chi connectivity index (χ1v) is 3.94. The van der Waals surface area contributed by atoms with Gasteiger partial charge in [0.1, 0.15) is 0 Å². The highest BCUT2D eigenvalue weighted by atomic mass is 14.7. The molecule has 0 fully saturated rings. The molecule has 1 heteroatoms. The molecule has 0 aliphatic carbocycles. The molecule has 62 valence electrons. The summed E-state index contributed by atoms with van der Waals surface area (Å²) in [6.07, 6.45) is 3.36. The van der Waals surface area contributed by atoms with Gasteiger partial charge >= 0.3 is 0 Å². The SMILES string of the molecule is C=CN=C(C=C)C(C)C(C)C. The number of hydrogen-bond acceptors (Lipinski definition) is 1. The summed E-state index contributed by atoms with van der Waals surface area (Å²) in [6, 6.07) is 0. The van der Waals surface area contributed by atoms with Gasteiger partial charge in [0.2, 0.25) is 0 Å². The first kappa shape index (κ1) is 10.2. The molecule has 0 amide bonds. The predicted molar refractivity (Wildman–Crippen MR) is 51.8 cm³/mol. The standard InChI is InChI=1S/C10H17N/c1-6-10(11-7-2)9(5)8(3)4/h6-9H,1-2H2,3-5H3. The minimum Gasteiger partial charge on any atom is -0.262 e. The summed E-state index contributed by atoms with van der Waals surface area (Å²) in [5, 5.41) is 0. The highest BCUT2D eigenvalue weighted by Crippen LogP contribution is 2.12. The van der Waals surface area contributed by atoms with Crippen molar-refractivity contribution in [1.29, 1.82) is 0 Å². The molecule has 0 saturated carbocycles. The first-order chi connectivity index (χ1) is 5.13. The lowest BCUT2D eigenvalue weighted by molar-refractivity contribution is 0.534. The number of allylic oxidation sites excluding steroid dienone is 1. The van der Waals surface area contributed by atoms with Crippen LogP contribution in [0.2, 0.25) is 0 Å². The fourth-order valence-electron chi connectivity index (χ4n) is 0.803. The van der Waals surface area contributed by atoms with Crippen LogP contribution in [0.4, 0.5) is 0 Å². The van der Waals surface area contributed by atoms with Crippen LogP contribution in [0.5, 0.6) is 0 Å². The van der Waals surface area contributed by atoms with Crippen molar-refractivity contribution in [2.75, 3.05) is 0 Å². The Balaban J connectivity index is 4.37. The van der Waals surface area contributed by atoms with Crippen molar-refractivity contribution >= 4 is 5.71 Å². The van der Waals surface area contributed by atoms with E-state index in [1.807, 2.05) is 0 Å². The maximum absolute atomic E-state index is 4.13. The van der Waals surface area contributed by atoms with Gasteiger partial charge in [0.05, 0.1) is 0 Å². The maximum atomic E-state index is 4.13. The summed E-state index contributed by atoms with van der Waals surface area (Å²) >= 11 is 0. The Morgan fingerprint density at radius 1 is 1.27 bits per heavy atom. The van der Waals surface area contributed by atoms with E-state index in [1.54, 1.807) is 12.3 Å². The maximum Gasteiger partial charge on any atom is 0.0428 e. The summed E-state index contributed by atoms with van der Waals surface area (Å²) in [5.41, 5.74) is 1.02. The van der Waals surface area contributed by atoms with Crippen LogP contribution in [-0.2, 0) is 0 Å². The van der Waals surface area contributed by atoms with Gasteiger partial charge in [-0.2, -0.15) is 0 Å². The smallest absolute Gasteiger partial charge is 0.0428 e. The predicted octanol–water partition coefficient (Wildman–Crippen LogP) is 3.05. The minimum atomic E-state index is 0.463. The van der Waals surface area contributed by atoms with E-state index in [2.05, 4.69) is 38.9 Å². The van der Waals surface area contributed by atoms with Gasteiger partial charge in [0, 0.05) is 17.8 Å². The molecule has 0 rings (SSSR count). The second-order valence-electron chi connectivity index (χ2n) is 2.97. The molecule has 1 nitrogen and oxygen atoms in total. The van der Waals surface area contributed by atoms with Gasteiger partial charge in [-0.3, -0.25) is 4.99 Å². The summed E-state index contributed by atoms with van der Waals surface area (Å²) in [7, 11) is 0. The Kier molecular flexibility index (Phi) is 4.51. The number of nitrogens with zero attached hydrogens (tertiary/aromatic N) is 1. The van der Waals surface area contributed by atoms with Crippen molar-refractivity contribution in [1.82, 2.24) is 0 Å². The van der Waals surface area contributed by atoms with Gasteiger partial charge in [-0.05, 0) is 12.0 Å². The first-order valence-electron chi connectivity index (χ1n) is 3.94. The molecule has 1 unspecified atom stereocenters. The van der Waals surface area contributed by atoms with E-state index in [0.717, 1.165) is 5.71 Å². The molecule has 0 radical (unpaired) electrons. The third-order valence-electron chi connectivity index (χ3n) is 1.92. The van der Waals surface area contributed by atoms with E-state index in [0.29, 0.717) is 11.8 Å². The second-order valence-corrected chi connectivity index (χ2v) is 2.97. The van der Waals surface area contributed by atoms with Gasteiger partial charge in [-0.15, -0.1) is 0 Å². The van der Waals surface area contributed by atoms with E-state index in [-0.39, 0.29) is 0 Å². The van der Waals surface area contributed by atoms with E-state index < -0.39 is 0 Å². The number of aliphatic imine (C=N–C) groups is 1. The molecule has 0 aliphatic rings. The molecule has 0 aromatic carbocycles. The summed E-state index contributed by atoms with van der Waals surface area (Å²) in [6.45, 7) is 13.8. The van der Waals surface area contributed by atoms with Crippen molar-refractivity contribution in [2.24, 2.45) is 16.8 Å². The van der Waals surface area contributed by atoms with Gasteiger partial charge in [0.15, 0.2) is 0 Å². The molecule has 0 heterocycles. The van der Waals surface area contributed by atoms with Crippen LogP contribution < -0.4 is 0 Å². The van der Waals surface area contributed by atoms with E-state index >= 15 is 0 Å². The fraction of sp³-hybridized carbons (Fsp3) is 0.500. The Morgan fingerprint density at radius 2 is 1.82 bits per heavy atom. The zero-order chi connectivity index (χ0) is 8.85. The van der Waals surface area contributed by atoms with Gasteiger partial charge in [-0.1, -0.05) is 33.9 Å². The zero-order valence-electron chi connectivity index (χ0n) is 7.67. The van der Waals surface area contributed by atoms with Gasteiger partial charge in [-0.25, -0.2) is 0 Å². The average molecular weight is 151 g/mol. The lowest BCUT2D eigenvalue weighted by atomic mass is 9.93. The van der Waals surface area contributed by atoms with E-state index in [1.165, 1.54) is 0 Å². The minimum absolute atomic E-state index is 0.463. The molecule has 0 aromatic rings. The Bertz CT molecular complexity index is 166. The molecule has 0 N–H and O–H groups in total. The fourth-order valence-corrected chi connectivity index (χ4v) is 0.803. The van der Waals surface area contributed by atoms with Crippen LogP contribution in [0, 0.1) is 11.8 Å². The lowest BCUT2D eigenvalue weighted by Crippen LogP contribution is -2.14. The van der Waals surface area contributed by atoms with Crippen LogP contribution in [-0.4, -0.2) is 5.71 Å². The van der Waals surface area contributed by atoms with Crippen LogP contribution in [0.1, 0.15) is 20.8 Å². The van der Waals surface area contributed by atoms with Crippen LogP contribution >= 0.6 is 0 Å². The molecular weight excluding hydrogens is 134 g/mol. The molecular formula is C10H17N. The van der Waals surface area contributed by atoms with Gasteiger partial charge in [0.25, 0.3) is 0 Å². The van der Waals surface area contributed by atoms with E-state index in [9.17, 15) is 0 Å². The van der Waals surface area contributed by atoms with Crippen LogP contribution in [0.3, 0.4) is 0 Å². The molecule has 0 spiro atoms. The Labute approximate surface area is 69.5 Å². The van der Waals surface area contributed by atoms with Crippen molar-refractivity contribution in [2.45, 2.75) is 20.8 Å². The van der Waals surface area contributed by atoms with Crippen molar-refractivity contribution in [3.05, 3.63) is 25.4 Å². The van der Waals surface area contributed by atoms with Crippen LogP contribution in [0.25, 0.3) is 0 Å². The molecule has 11 heavy (non-hydrogen) atoms. The van der Waals surface area contributed by atoms with Crippen LogP contribution in [0.15, 0.2) is 30.4 Å². The normalized spacial score (nSPS) is 14.7. The number of hydrogen-bond donors (Lipinski definition) is 0. The molecule has 1 atom stereocenters. The largest absolute Gasteiger partial charge is 0.262 e. The van der Waals surface area contributed by atoms with Gasteiger partial charge < -0.3 is 0 Å². The molecule has 0 bridgehead atoms. The quantitative estimate of drug-likeness (QED) is 0.548. The summed E-state index contributed by atoms with van der Waals surface area (Å²) < 4.78 is 0. The monoisotopic (exact) mass is 151 g/mol. The second kappa shape index (κ2) is 4.89. The molecule has 0 saturated heterocycles. The van der Waals surface area contributed by atoms with Crippen molar-refractivity contribution in [3.8, 4) is 0 Å². The van der Waals surface area contributed by atoms with Crippen molar-refractivity contribution in [3.63, 3.8) is 0 Å². The Hall–Kier alpha value is -0.850. The zero-order valence-corrected chi connectivity index (χ0v) is 7.67. The van der Waals surface area contributed by atoms with Crippen molar-refractivity contribution < 1.29 is 0 Å². The molecule has 0 aliphatic heterocycles.